The van der Waals surface area contributed by atoms with Crippen LogP contribution in [0.1, 0.15) is 5.89 Å². The van der Waals surface area contributed by atoms with E-state index in [9.17, 15) is 10.1 Å². The maximum atomic E-state index is 10.5. The summed E-state index contributed by atoms with van der Waals surface area (Å²) < 4.78 is 4.93. The highest BCUT2D eigenvalue weighted by atomic mass is 32.2. The molecule has 1 aromatic carbocycles. The number of non-ortho nitro benzene ring substituents is 1. The van der Waals surface area contributed by atoms with Crippen molar-refractivity contribution in [2.45, 2.75) is 5.75 Å². The van der Waals surface area contributed by atoms with Crippen LogP contribution in [0.2, 0.25) is 0 Å². The van der Waals surface area contributed by atoms with Crippen molar-refractivity contribution in [3.63, 3.8) is 0 Å². The van der Waals surface area contributed by atoms with E-state index in [0.717, 1.165) is 11.8 Å². The molecule has 1 aromatic heterocycles. The van der Waals surface area contributed by atoms with E-state index in [1.807, 2.05) is 5.40 Å². The number of nitriles is 1. The first-order valence-electron chi connectivity index (χ1n) is 4.79. The van der Waals surface area contributed by atoms with Gasteiger partial charge in [-0.15, -0.1) is 0 Å². The smallest absolute Gasteiger partial charge is 0.269 e. The van der Waals surface area contributed by atoms with Crippen LogP contribution in [-0.4, -0.2) is 15.1 Å². The first kappa shape index (κ1) is 12.1. The summed E-state index contributed by atoms with van der Waals surface area (Å²) in [7, 11) is 0. The molecule has 0 fully saturated rings. The van der Waals surface area contributed by atoms with Crippen molar-refractivity contribution in [2.75, 3.05) is 0 Å². The average molecular weight is 262 g/mol. The number of benzene rings is 1. The minimum Gasteiger partial charge on any atom is -0.338 e. The topological polar surface area (TPSA) is 106 Å². The monoisotopic (exact) mass is 262 g/mol. The minimum absolute atomic E-state index is 0.00232. The maximum Gasteiger partial charge on any atom is 0.269 e. The predicted octanol–water partition coefficient (Wildman–Crippen LogP) is 2.36. The second-order valence-electron chi connectivity index (χ2n) is 3.20. The van der Waals surface area contributed by atoms with Crippen LogP contribution in [0.5, 0.6) is 0 Å². The number of thiocyanates is 1. The second-order valence-corrected chi connectivity index (χ2v) is 3.96. The van der Waals surface area contributed by atoms with Crippen molar-refractivity contribution in [3.05, 3.63) is 40.3 Å². The average Bonchev–Trinajstić information content (AvgIpc) is 2.85. The SMILES string of the molecule is N#CSCc1nc(-c2ccc([N+](=O)[O-])cc2)no1. The number of hydrogen-bond acceptors (Lipinski definition) is 7. The second kappa shape index (κ2) is 5.29. The molecule has 2 aromatic rings. The molecule has 0 unspecified atom stereocenters. The first-order valence-corrected chi connectivity index (χ1v) is 5.77. The summed E-state index contributed by atoms with van der Waals surface area (Å²) in [6, 6.07) is 5.83. The third-order valence-electron chi connectivity index (χ3n) is 2.06. The molecule has 8 heteroatoms. The van der Waals surface area contributed by atoms with E-state index in [1.54, 1.807) is 12.1 Å². The summed E-state index contributed by atoms with van der Waals surface area (Å²) in [5.74, 6) is 1.00. The van der Waals surface area contributed by atoms with Gasteiger partial charge in [-0.3, -0.25) is 10.1 Å². The fourth-order valence-electron chi connectivity index (χ4n) is 1.26. The summed E-state index contributed by atoms with van der Waals surface area (Å²) >= 11 is 0.996. The Bertz CT molecular complexity index is 602. The van der Waals surface area contributed by atoms with E-state index in [4.69, 9.17) is 9.78 Å². The van der Waals surface area contributed by atoms with Gasteiger partial charge in [0.1, 0.15) is 5.40 Å². The molecule has 0 radical (unpaired) electrons. The van der Waals surface area contributed by atoms with Crippen LogP contribution >= 0.6 is 11.8 Å². The van der Waals surface area contributed by atoms with Crippen LogP contribution in [0, 0.1) is 20.8 Å². The molecule has 0 amide bonds. The Hall–Kier alpha value is -2.40. The Balaban J connectivity index is 2.18. The van der Waals surface area contributed by atoms with Crippen LogP contribution < -0.4 is 0 Å². The summed E-state index contributed by atoms with van der Waals surface area (Å²) in [5.41, 5.74) is 0.625. The van der Waals surface area contributed by atoms with E-state index < -0.39 is 4.92 Å². The van der Waals surface area contributed by atoms with Crippen molar-refractivity contribution >= 4 is 17.4 Å². The molecular formula is C10H6N4O3S. The number of hydrogen-bond donors (Lipinski definition) is 0. The van der Waals surface area contributed by atoms with Gasteiger partial charge in [0.2, 0.25) is 11.7 Å². The molecule has 1 heterocycles. The van der Waals surface area contributed by atoms with Crippen LogP contribution in [0.3, 0.4) is 0 Å². The Kier molecular flexibility index (Phi) is 3.54. The Morgan fingerprint density at radius 3 is 2.78 bits per heavy atom. The molecule has 18 heavy (non-hydrogen) atoms. The highest BCUT2D eigenvalue weighted by Gasteiger charge is 2.10. The minimum atomic E-state index is -0.477. The number of aromatic nitrogens is 2. The van der Waals surface area contributed by atoms with Crippen LogP contribution in [0.25, 0.3) is 11.4 Å². The molecule has 0 N–H and O–H groups in total. The van der Waals surface area contributed by atoms with Crippen molar-refractivity contribution < 1.29 is 9.45 Å². The maximum absolute atomic E-state index is 10.5. The lowest BCUT2D eigenvalue weighted by Gasteiger charge is -1.93. The molecule has 0 saturated heterocycles. The number of thioether (sulfide) groups is 1. The number of nitro benzene ring substituents is 1. The van der Waals surface area contributed by atoms with Gasteiger partial charge in [-0.25, -0.2) is 0 Å². The van der Waals surface area contributed by atoms with Crippen molar-refractivity contribution in [1.29, 1.82) is 5.26 Å². The number of rotatable bonds is 4. The van der Waals surface area contributed by atoms with Crippen molar-refractivity contribution in [2.24, 2.45) is 0 Å². The normalized spacial score (nSPS) is 9.94. The molecule has 0 spiro atoms. The van der Waals surface area contributed by atoms with Gasteiger partial charge in [0.15, 0.2) is 0 Å². The quantitative estimate of drug-likeness (QED) is 0.473. The molecule has 0 aliphatic carbocycles. The van der Waals surface area contributed by atoms with Gasteiger partial charge < -0.3 is 4.52 Å². The fourth-order valence-corrected chi connectivity index (χ4v) is 1.56. The zero-order chi connectivity index (χ0) is 13.0. The Morgan fingerprint density at radius 2 is 2.17 bits per heavy atom. The molecule has 0 aliphatic heterocycles. The van der Waals surface area contributed by atoms with Gasteiger partial charge in [0.05, 0.1) is 10.7 Å². The van der Waals surface area contributed by atoms with E-state index >= 15 is 0 Å². The Labute approximate surface area is 106 Å². The van der Waals surface area contributed by atoms with E-state index in [-0.39, 0.29) is 5.69 Å². The highest BCUT2D eigenvalue weighted by Crippen LogP contribution is 2.20. The standard InChI is InChI=1S/C10H6N4O3S/c11-6-18-5-9-12-10(13-17-9)7-1-3-8(4-2-7)14(15)16/h1-4H,5H2. The molecule has 0 saturated carbocycles. The van der Waals surface area contributed by atoms with Gasteiger partial charge in [0.25, 0.3) is 5.69 Å². The zero-order valence-electron chi connectivity index (χ0n) is 8.94. The molecule has 0 bridgehead atoms. The van der Waals surface area contributed by atoms with Crippen molar-refractivity contribution in [1.82, 2.24) is 10.1 Å². The van der Waals surface area contributed by atoms with Crippen LogP contribution in [-0.2, 0) is 5.75 Å². The van der Waals surface area contributed by atoms with Gasteiger partial charge in [-0.2, -0.15) is 10.2 Å². The van der Waals surface area contributed by atoms with Gasteiger partial charge in [0, 0.05) is 17.7 Å². The lowest BCUT2D eigenvalue weighted by molar-refractivity contribution is -0.384. The van der Waals surface area contributed by atoms with Crippen LogP contribution in [0.15, 0.2) is 28.8 Å². The predicted molar refractivity (Wildman–Crippen MR) is 63.3 cm³/mol. The molecule has 90 valence electrons. The van der Waals surface area contributed by atoms with Crippen molar-refractivity contribution in [3.8, 4) is 16.8 Å². The summed E-state index contributed by atoms with van der Waals surface area (Å²) in [6.45, 7) is 0. The van der Waals surface area contributed by atoms with Gasteiger partial charge >= 0.3 is 0 Å². The molecule has 7 nitrogen and oxygen atoms in total. The summed E-state index contributed by atoms with van der Waals surface area (Å²) in [4.78, 5) is 14.1. The molecule has 0 aliphatic rings. The highest BCUT2D eigenvalue weighted by molar-refractivity contribution is 8.02. The lowest BCUT2D eigenvalue weighted by Crippen LogP contribution is -1.88. The third-order valence-corrected chi connectivity index (χ3v) is 2.58. The van der Waals surface area contributed by atoms with Crippen LogP contribution in [0.4, 0.5) is 5.69 Å². The number of nitrogens with zero attached hydrogens (tertiary/aromatic N) is 4. The van der Waals surface area contributed by atoms with E-state index in [2.05, 4.69) is 10.1 Å². The largest absolute Gasteiger partial charge is 0.338 e. The first-order chi connectivity index (χ1) is 8.70. The van der Waals surface area contributed by atoms with Gasteiger partial charge in [-0.05, 0) is 23.9 Å². The van der Waals surface area contributed by atoms with E-state index in [1.165, 1.54) is 12.1 Å². The lowest BCUT2D eigenvalue weighted by atomic mass is 10.2. The zero-order valence-corrected chi connectivity index (χ0v) is 9.75. The third kappa shape index (κ3) is 2.64. The number of nitro groups is 1. The van der Waals surface area contributed by atoms with Gasteiger partial charge in [-0.1, -0.05) is 5.16 Å². The van der Waals surface area contributed by atoms with E-state index in [0.29, 0.717) is 23.0 Å². The molecule has 2 rings (SSSR count). The molecule has 0 atom stereocenters. The fraction of sp³-hybridized carbons (Fsp3) is 0.100. The molecular weight excluding hydrogens is 256 g/mol. The summed E-state index contributed by atoms with van der Waals surface area (Å²) in [6.07, 6.45) is 0. The summed E-state index contributed by atoms with van der Waals surface area (Å²) in [5, 5.41) is 24.5. The Morgan fingerprint density at radius 1 is 1.44 bits per heavy atom.